The van der Waals surface area contributed by atoms with Crippen molar-refractivity contribution >= 4 is 5.91 Å². The number of carbonyl (C=O) groups excluding carboxylic acids is 1. The fraction of sp³-hybridized carbons (Fsp3) is 0.769. The highest BCUT2D eigenvalue weighted by molar-refractivity contribution is 5.77. The second-order valence-corrected chi connectivity index (χ2v) is 5.00. The van der Waals surface area contributed by atoms with E-state index in [1.165, 1.54) is 0 Å². The summed E-state index contributed by atoms with van der Waals surface area (Å²) in [5, 5.41) is 11.4. The zero-order valence-corrected chi connectivity index (χ0v) is 11.5. The molecular formula is C13H22N4O2. The first kappa shape index (κ1) is 14.0. The normalized spacial score (nSPS) is 18.7. The summed E-state index contributed by atoms with van der Waals surface area (Å²) in [5.41, 5.74) is 0.733. The van der Waals surface area contributed by atoms with E-state index in [9.17, 15) is 4.79 Å². The predicted octanol–water partition coefficient (Wildman–Crippen LogP) is 0.773. The number of ether oxygens (including phenoxy) is 1. The summed E-state index contributed by atoms with van der Waals surface area (Å²) in [4.78, 5) is 13.4. The maximum Gasteiger partial charge on any atom is 0.226 e. The van der Waals surface area contributed by atoms with E-state index in [0.717, 1.165) is 44.7 Å². The minimum atomic E-state index is 0.00874. The van der Waals surface area contributed by atoms with Crippen LogP contribution in [0.25, 0.3) is 0 Å². The first-order valence-electron chi connectivity index (χ1n) is 7.01. The third-order valence-corrected chi connectivity index (χ3v) is 3.25. The van der Waals surface area contributed by atoms with Gasteiger partial charge in [0.25, 0.3) is 0 Å². The van der Waals surface area contributed by atoms with Crippen LogP contribution in [0.3, 0.4) is 0 Å². The molecule has 1 aromatic heterocycles. The molecule has 0 saturated carbocycles. The molecule has 0 bridgehead atoms. The van der Waals surface area contributed by atoms with Gasteiger partial charge in [-0.2, -0.15) is 15.0 Å². The molecule has 0 spiro atoms. The maximum atomic E-state index is 11.8. The Morgan fingerprint density at radius 2 is 2.53 bits per heavy atom. The summed E-state index contributed by atoms with van der Waals surface area (Å²) < 4.78 is 5.27. The van der Waals surface area contributed by atoms with Crippen molar-refractivity contribution in [3.63, 3.8) is 0 Å². The first-order chi connectivity index (χ1) is 9.28. The Morgan fingerprint density at radius 1 is 1.63 bits per heavy atom. The highest BCUT2D eigenvalue weighted by atomic mass is 16.5. The molecule has 1 unspecified atom stereocenters. The van der Waals surface area contributed by atoms with Gasteiger partial charge in [0, 0.05) is 19.1 Å². The van der Waals surface area contributed by atoms with Gasteiger partial charge in [-0.1, -0.05) is 13.3 Å². The van der Waals surface area contributed by atoms with Gasteiger partial charge in [-0.15, -0.1) is 0 Å². The molecule has 1 atom stereocenters. The molecule has 1 aromatic rings. The lowest BCUT2D eigenvalue weighted by Crippen LogP contribution is -2.30. The van der Waals surface area contributed by atoms with E-state index in [2.05, 4.69) is 22.4 Å². The predicted molar refractivity (Wildman–Crippen MR) is 70.6 cm³/mol. The number of hydrogen-bond acceptors (Lipinski definition) is 4. The van der Waals surface area contributed by atoms with Gasteiger partial charge < -0.3 is 10.1 Å². The van der Waals surface area contributed by atoms with E-state index in [4.69, 9.17) is 4.74 Å². The number of unbranched alkanes of at least 4 members (excludes halogenated alkanes) is 1. The number of rotatable bonds is 7. The molecule has 0 aromatic carbocycles. The van der Waals surface area contributed by atoms with Gasteiger partial charge >= 0.3 is 0 Å². The maximum absolute atomic E-state index is 11.8. The van der Waals surface area contributed by atoms with Gasteiger partial charge in [0.2, 0.25) is 5.91 Å². The van der Waals surface area contributed by atoms with Gasteiger partial charge in [-0.25, -0.2) is 0 Å². The molecule has 2 rings (SSSR count). The summed E-state index contributed by atoms with van der Waals surface area (Å²) in [7, 11) is 0. The Morgan fingerprint density at radius 3 is 3.26 bits per heavy atom. The van der Waals surface area contributed by atoms with Crippen LogP contribution in [0.5, 0.6) is 0 Å². The molecule has 0 radical (unpaired) electrons. The second kappa shape index (κ2) is 7.23. The number of carbonyl (C=O) groups is 1. The van der Waals surface area contributed by atoms with E-state index in [1.54, 1.807) is 11.0 Å². The quantitative estimate of drug-likeness (QED) is 0.791. The van der Waals surface area contributed by atoms with E-state index >= 15 is 0 Å². The number of nitrogens with one attached hydrogen (secondary N) is 1. The summed E-state index contributed by atoms with van der Waals surface area (Å²) in [6, 6.07) is 0. The Balaban J connectivity index is 1.70. The van der Waals surface area contributed by atoms with E-state index in [1.807, 2.05) is 0 Å². The lowest BCUT2D eigenvalue weighted by atomic mass is 10.1. The molecule has 1 N–H and O–H groups in total. The fourth-order valence-electron chi connectivity index (χ4n) is 2.05. The third-order valence-electron chi connectivity index (χ3n) is 3.25. The van der Waals surface area contributed by atoms with Crippen molar-refractivity contribution in [1.82, 2.24) is 20.3 Å². The smallest absolute Gasteiger partial charge is 0.226 e. The second-order valence-electron chi connectivity index (χ2n) is 5.00. The largest absolute Gasteiger partial charge is 0.381 e. The topological polar surface area (TPSA) is 69.0 Å². The minimum Gasteiger partial charge on any atom is -0.381 e. The van der Waals surface area contributed by atoms with Gasteiger partial charge in [-0.05, 0) is 12.8 Å². The van der Waals surface area contributed by atoms with Crippen molar-refractivity contribution in [3.05, 3.63) is 11.9 Å². The van der Waals surface area contributed by atoms with Gasteiger partial charge in [-0.3, -0.25) is 4.79 Å². The van der Waals surface area contributed by atoms with Crippen molar-refractivity contribution in [3.8, 4) is 0 Å². The zero-order valence-electron chi connectivity index (χ0n) is 11.5. The molecule has 6 heteroatoms. The molecule has 1 aliphatic rings. The molecule has 0 aliphatic carbocycles. The van der Waals surface area contributed by atoms with Crippen LogP contribution in [0, 0.1) is 5.92 Å². The monoisotopic (exact) mass is 266 g/mol. The number of amides is 1. The first-order valence-corrected chi connectivity index (χ1v) is 7.01. The fourth-order valence-corrected chi connectivity index (χ4v) is 2.05. The van der Waals surface area contributed by atoms with Crippen molar-refractivity contribution in [1.29, 1.82) is 0 Å². The third kappa shape index (κ3) is 4.63. The number of hydrogen-bond donors (Lipinski definition) is 1. The minimum absolute atomic E-state index is 0.00874. The van der Waals surface area contributed by atoms with Crippen molar-refractivity contribution in [2.45, 2.75) is 39.2 Å². The van der Waals surface area contributed by atoms with Crippen LogP contribution in [0.15, 0.2) is 6.20 Å². The standard InChI is InChI=1S/C13H22N4O2/c1-2-3-5-17-15-9-12(16-17)7-13(18)14-8-11-4-6-19-10-11/h9,11H,2-8,10H2,1H3,(H,14,18). The van der Waals surface area contributed by atoms with Crippen LogP contribution < -0.4 is 5.32 Å². The van der Waals surface area contributed by atoms with E-state index in [0.29, 0.717) is 18.9 Å². The van der Waals surface area contributed by atoms with Crippen LogP contribution in [0.2, 0.25) is 0 Å². The van der Waals surface area contributed by atoms with Crippen molar-refractivity contribution in [2.24, 2.45) is 5.92 Å². The van der Waals surface area contributed by atoms with Crippen molar-refractivity contribution < 1.29 is 9.53 Å². The molecule has 1 aliphatic heterocycles. The highest BCUT2D eigenvalue weighted by Crippen LogP contribution is 2.10. The SMILES string of the molecule is CCCCn1ncc(CC(=O)NCC2CCOC2)n1. The molecule has 1 fully saturated rings. The summed E-state index contributed by atoms with van der Waals surface area (Å²) in [6.45, 7) is 5.21. The lowest BCUT2D eigenvalue weighted by Gasteiger charge is -2.08. The Bertz CT molecular complexity index is 399. The Hall–Kier alpha value is -1.43. The van der Waals surface area contributed by atoms with Gasteiger partial charge in [0.1, 0.15) is 0 Å². The average Bonchev–Trinajstić information content (AvgIpc) is 3.05. The van der Waals surface area contributed by atoms with Crippen LogP contribution in [0.4, 0.5) is 0 Å². The Labute approximate surface area is 113 Å². The molecule has 1 amide bonds. The molecule has 19 heavy (non-hydrogen) atoms. The highest BCUT2D eigenvalue weighted by Gasteiger charge is 2.16. The Kier molecular flexibility index (Phi) is 5.32. The van der Waals surface area contributed by atoms with E-state index in [-0.39, 0.29) is 5.91 Å². The summed E-state index contributed by atoms with van der Waals surface area (Å²) in [5.74, 6) is 0.471. The number of nitrogens with zero attached hydrogens (tertiary/aromatic N) is 3. The van der Waals surface area contributed by atoms with Crippen molar-refractivity contribution in [2.75, 3.05) is 19.8 Å². The lowest BCUT2D eigenvalue weighted by molar-refractivity contribution is -0.120. The molecule has 1 saturated heterocycles. The van der Waals surface area contributed by atoms with Gasteiger partial charge in [0.05, 0.1) is 31.5 Å². The zero-order chi connectivity index (χ0) is 13.5. The average molecular weight is 266 g/mol. The summed E-state index contributed by atoms with van der Waals surface area (Å²) in [6.07, 6.45) is 5.18. The van der Waals surface area contributed by atoms with Crippen LogP contribution in [0.1, 0.15) is 31.9 Å². The summed E-state index contributed by atoms with van der Waals surface area (Å²) >= 11 is 0. The molecule has 2 heterocycles. The van der Waals surface area contributed by atoms with E-state index < -0.39 is 0 Å². The number of aromatic nitrogens is 3. The van der Waals surface area contributed by atoms with Crippen LogP contribution >= 0.6 is 0 Å². The molecular weight excluding hydrogens is 244 g/mol. The van der Waals surface area contributed by atoms with Gasteiger partial charge in [0.15, 0.2) is 0 Å². The number of aryl methyl sites for hydroxylation is 1. The molecule has 6 nitrogen and oxygen atoms in total. The van der Waals surface area contributed by atoms with Crippen LogP contribution in [-0.4, -0.2) is 40.7 Å². The molecule has 106 valence electrons. The van der Waals surface area contributed by atoms with Crippen LogP contribution in [-0.2, 0) is 22.5 Å².